The highest BCUT2D eigenvalue weighted by Gasteiger charge is 2.21. The molecule has 0 unspecified atom stereocenters. The van der Waals surface area contributed by atoms with E-state index in [9.17, 15) is 4.79 Å². The molecule has 1 saturated heterocycles. The first-order valence-corrected chi connectivity index (χ1v) is 7.43. The molecule has 1 aliphatic rings. The number of aromatic nitrogens is 1. The molecule has 2 heterocycles. The third-order valence-corrected chi connectivity index (χ3v) is 4.60. The Morgan fingerprint density at radius 1 is 1.65 bits per heavy atom. The van der Waals surface area contributed by atoms with Crippen molar-refractivity contribution in [1.29, 1.82) is 0 Å². The Hall–Kier alpha value is -0.620. The van der Waals surface area contributed by atoms with Gasteiger partial charge in [0, 0.05) is 31.9 Å². The number of carbonyl (C=O) groups excluding carboxylic acids is 1. The van der Waals surface area contributed by atoms with Gasteiger partial charge in [-0.15, -0.1) is 11.3 Å². The van der Waals surface area contributed by atoms with Crippen LogP contribution in [-0.2, 0) is 4.79 Å². The molecular weight excluding hydrogens is 302 g/mol. The summed E-state index contributed by atoms with van der Waals surface area (Å²) in [5.74, 6) is 0.676. The molecule has 0 aliphatic carbocycles. The van der Waals surface area contributed by atoms with Gasteiger partial charge >= 0.3 is 0 Å². The quantitative estimate of drug-likeness (QED) is 0.930. The van der Waals surface area contributed by atoms with E-state index in [4.69, 9.17) is 0 Å². The number of carbonyl (C=O) groups is 1. The number of piperidine rings is 1. The van der Waals surface area contributed by atoms with Crippen molar-refractivity contribution in [3.63, 3.8) is 0 Å². The molecule has 1 aliphatic heterocycles. The maximum atomic E-state index is 10.8. The van der Waals surface area contributed by atoms with E-state index >= 15 is 0 Å². The molecule has 0 saturated carbocycles. The molecule has 4 nitrogen and oxygen atoms in total. The maximum absolute atomic E-state index is 10.8. The van der Waals surface area contributed by atoms with Crippen molar-refractivity contribution in [2.45, 2.75) is 19.8 Å². The molecule has 0 spiro atoms. The number of halogens is 1. The summed E-state index contributed by atoms with van der Waals surface area (Å²) in [6.45, 7) is 4.45. The van der Waals surface area contributed by atoms with Crippen LogP contribution < -0.4 is 10.2 Å². The van der Waals surface area contributed by atoms with Gasteiger partial charge in [-0.05, 0) is 34.7 Å². The number of hydrogen-bond donors (Lipinski definition) is 1. The summed E-state index contributed by atoms with van der Waals surface area (Å²) in [5.41, 5.74) is 0. The minimum absolute atomic E-state index is 0.0660. The average Bonchev–Trinajstić information content (AvgIpc) is 2.74. The number of amides is 1. The zero-order chi connectivity index (χ0) is 12.3. The first kappa shape index (κ1) is 12.8. The molecule has 0 aromatic carbocycles. The number of anilines is 1. The van der Waals surface area contributed by atoms with Crippen molar-refractivity contribution in [1.82, 2.24) is 10.3 Å². The largest absolute Gasteiger partial charge is 0.356 e. The summed E-state index contributed by atoms with van der Waals surface area (Å²) >= 11 is 5.05. The lowest BCUT2D eigenvalue weighted by molar-refractivity contribution is -0.119. The van der Waals surface area contributed by atoms with Gasteiger partial charge in [-0.3, -0.25) is 4.79 Å². The third kappa shape index (κ3) is 3.67. The Morgan fingerprint density at radius 2 is 2.35 bits per heavy atom. The Balaban J connectivity index is 1.80. The topological polar surface area (TPSA) is 45.2 Å². The van der Waals surface area contributed by atoms with E-state index in [2.05, 4.69) is 31.1 Å². The van der Waals surface area contributed by atoms with Crippen LogP contribution >= 0.6 is 27.3 Å². The SMILES string of the molecule is CC(=O)NCC1CCN(c2nc(Br)cs2)CC1. The average molecular weight is 318 g/mol. The van der Waals surface area contributed by atoms with Crippen molar-refractivity contribution in [2.24, 2.45) is 5.92 Å². The second kappa shape index (κ2) is 5.82. The summed E-state index contributed by atoms with van der Waals surface area (Å²) in [4.78, 5) is 17.6. The van der Waals surface area contributed by atoms with Crippen LogP contribution in [0.15, 0.2) is 9.98 Å². The zero-order valence-electron chi connectivity index (χ0n) is 9.78. The minimum atomic E-state index is 0.0660. The Bertz CT molecular complexity index is 388. The molecule has 0 bridgehead atoms. The second-order valence-corrected chi connectivity index (χ2v) is 5.97. The molecule has 1 amide bonds. The molecular formula is C11H16BrN3OS. The van der Waals surface area contributed by atoms with Gasteiger partial charge < -0.3 is 10.2 Å². The third-order valence-electron chi connectivity index (χ3n) is 2.99. The fourth-order valence-electron chi connectivity index (χ4n) is 2.01. The van der Waals surface area contributed by atoms with Gasteiger partial charge in [0.2, 0.25) is 5.91 Å². The van der Waals surface area contributed by atoms with Crippen LogP contribution in [0, 0.1) is 5.92 Å². The molecule has 6 heteroatoms. The summed E-state index contributed by atoms with van der Waals surface area (Å²) in [6, 6.07) is 0. The molecule has 17 heavy (non-hydrogen) atoms. The Morgan fingerprint density at radius 3 is 2.88 bits per heavy atom. The lowest BCUT2D eigenvalue weighted by Gasteiger charge is -2.31. The van der Waals surface area contributed by atoms with E-state index in [1.54, 1.807) is 18.3 Å². The smallest absolute Gasteiger partial charge is 0.216 e. The number of nitrogens with zero attached hydrogens (tertiary/aromatic N) is 2. The number of rotatable bonds is 3. The summed E-state index contributed by atoms with van der Waals surface area (Å²) in [6.07, 6.45) is 2.24. The van der Waals surface area contributed by atoms with Crippen LogP contribution in [0.2, 0.25) is 0 Å². The molecule has 94 valence electrons. The van der Waals surface area contributed by atoms with Crippen LogP contribution in [0.3, 0.4) is 0 Å². The van der Waals surface area contributed by atoms with E-state index in [1.807, 2.05) is 5.38 Å². The first-order chi connectivity index (χ1) is 8.15. The summed E-state index contributed by atoms with van der Waals surface area (Å²) in [5, 5.41) is 6.00. The number of nitrogens with one attached hydrogen (secondary N) is 1. The van der Waals surface area contributed by atoms with Gasteiger partial charge in [0.25, 0.3) is 0 Å². The van der Waals surface area contributed by atoms with Crippen LogP contribution in [0.4, 0.5) is 5.13 Å². The number of hydrogen-bond acceptors (Lipinski definition) is 4. The van der Waals surface area contributed by atoms with E-state index in [0.717, 1.165) is 42.2 Å². The minimum Gasteiger partial charge on any atom is -0.356 e. The van der Waals surface area contributed by atoms with Gasteiger partial charge in [0.05, 0.1) is 0 Å². The predicted molar refractivity (Wildman–Crippen MR) is 73.4 cm³/mol. The van der Waals surface area contributed by atoms with Crippen LogP contribution in [0.25, 0.3) is 0 Å². The van der Waals surface area contributed by atoms with E-state index in [-0.39, 0.29) is 5.91 Å². The maximum Gasteiger partial charge on any atom is 0.216 e. The standard InChI is InChI=1S/C11H16BrN3OS/c1-8(16)13-6-9-2-4-15(5-3-9)11-14-10(12)7-17-11/h7,9H,2-6H2,1H3,(H,13,16). The summed E-state index contributed by atoms with van der Waals surface area (Å²) in [7, 11) is 0. The van der Waals surface area contributed by atoms with Crippen molar-refractivity contribution in [3.8, 4) is 0 Å². The van der Waals surface area contributed by atoms with Gasteiger partial charge in [0.1, 0.15) is 4.60 Å². The molecule has 2 rings (SSSR count). The highest BCUT2D eigenvalue weighted by atomic mass is 79.9. The van der Waals surface area contributed by atoms with E-state index in [0.29, 0.717) is 5.92 Å². The van der Waals surface area contributed by atoms with Crippen molar-refractivity contribution in [3.05, 3.63) is 9.98 Å². The van der Waals surface area contributed by atoms with E-state index < -0.39 is 0 Å². The molecule has 1 N–H and O–H groups in total. The molecule has 1 aromatic heterocycles. The molecule has 0 radical (unpaired) electrons. The fraction of sp³-hybridized carbons (Fsp3) is 0.636. The highest BCUT2D eigenvalue weighted by molar-refractivity contribution is 9.10. The van der Waals surface area contributed by atoms with E-state index in [1.165, 1.54) is 0 Å². The zero-order valence-corrected chi connectivity index (χ0v) is 12.2. The Kier molecular flexibility index (Phi) is 4.39. The number of thiazole rings is 1. The predicted octanol–water partition coefficient (Wildman–Crippen LogP) is 2.26. The van der Waals surface area contributed by atoms with Crippen LogP contribution in [-0.4, -0.2) is 30.5 Å². The van der Waals surface area contributed by atoms with Crippen molar-refractivity contribution < 1.29 is 4.79 Å². The lowest BCUT2D eigenvalue weighted by atomic mass is 9.97. The first-order valence-electron chi connectivity index (χ1n) is 5.75. The molecule has 0 atom stereocenters. The fourth-order valence-corrected chi connectivity index (χ4v) is 3.31. The van der Waals surface area contributed by atoms with Gasteiger partial charge in [0.15, 0.2) is 5.13 Å². The molecule has 1 fully saturated rings. The monoisotopic (exact) mass is 317 g/mol. The normalized spacial score (nSPS) is 17.2. The Labute approximate surface area is 114 Å². The van der Waals surface area contributed by atoms with Crippen LogP contribution in [0.5, 0.6) is 0 Å². The van der Waals surface area contributed by atoms with Gasteiger partial charge in [-0.1, -0.05) is 0 Å². The van der Waals surface area contributed by atoms with Crippen molar-refractivity contribution in [2.75, 3.05) is 24.5 Å². The lowest BCUT2D eigenvalue weighted by Crippen LogP contribution is -2.38. The van der Waals surface area contributed by atoms with Crippen molar-refractivity contribution >= 4 is 38.3 Å². The second-order valence-electron chi connectivity index (χ2n) is 4.32. The van der Waals surface area contributed by atoms with Crippen LogP contribution in [0.1, 0.15) is 19.8 Å². The van der Waals surface area contributed by atoms with Gasteiger partial charge in [-0.2, -0.15) is 0 Å². The molecule has 1 aromatic rings. The highest BCUT2D eigenvalue weighted by Crippen LogP contribution is 2.27. The summed E-state index contributed by atoms with van der Waals surface area (Å²) < 4.78 is 0.915. The van der Waals surface area contributed by atoms with Gasteiger partial charge in [-0.25, -0.2) is 4.98 Å².